The Labute approximate surface area is 119 Å². The molecule has 1 aliphatic rings. The van der Waals surface area contributed by atoms with Crippen LogP contribution >= 0.6 is 11.8 Å². The molecule has 2 atom stereocenters. The van der Waals surface area contributed by atoms with Crippen molar-refractivity contribution in [2.24, 2.45) is 0 Å². The fourth-order valence-electron chi connectivity index (χ4n) is 2.22. The van der Waals surface area contributed by atoms with E-state index in [0.717, 1.165) is 18.8 Å². The van der Waals surface area contributed by atoms with Crippen LogP contribution in [0.3, 0.4) is 0 Å². The van der Waals surface area contributed by atoms with Gasteiger partial charge in [-0.2, -0.15) is 17.0 Å². The molecule has 0 spiro atoms. The van der Waals surface area contributed by atoms with Crippen LogP contribution in [0.1, 0.15) is 19.4 Å². The molecule has 1 aromatic carbocycles. The van der Waals surface area contributed by atoms with E-state index in [1.807, 2.05) is 12.1 Å². The number of rotatable bonds is 4. The number of thioether (sulfide) groups is 1. The van der Waals surface area contributed by atoms with Gasteiger partial charge in [0.05, 0.1) is 11.6 Å². The van der Waals surface area contributed by atoms with Gasteiger partial charge in [0.15, 0.2) is 0 Å². The van der Waals surface area contributed by atoms with Crippen LogP contribution in [0.25, 0.3) is 0 Å². The van der Waals surface area contributed by atoms with Crippen molar-refractivity contribution in [3.8, 4) is 11.8 Å². The van der Waals surface area contributed by atoms with E-state index >= 15 is 0 Å². The van der Waals surface area contributed by atoms with Gasteiger partial charge in [0.2, 0.25) is 0 Å². The Bertz CT molecular complexity index is 440. The highest BCUT2D eigenvalue weighted by molar-refractivity contribution is 8.00. The molecule has 1 heterocycles. The molecule has 0 radical (unpaired) electrons. The average Bonchev–Trinajstić information content (AvgIpc) is 2.44. The highest BCUT2D eigenvalue weighted by Gasteiger charge is 2.24. The summed E-state index contributed by atoms with van der Waals surface area (Å²) in [4.78, 5) is 2.49. The topological polar surface area (TPSA) is 36.3 Å². The van der Waals surface area contributed by atoms with Gasteiger partial charge in [-0.1, -0.05) is 6.92 Å². The van der Waals surface area contributed by atoms with Gasteiger partial charge < -0.3 is 4.74 Å². The summed E-state index contributed by atoms with van der Waals surface area (Å²) in [5, 5.41) is 9.43. The molecule has 19 heavy (non-hydrogen) atoms. The zero-order valence-corrected chi connectivity index (χ0v) is 12.3. The van der Waals surface area contributed by atoms with Crippen molar-refractivity contribution >= 4 is 11.8 Å². The number of hydrogen-bond acceptors (Lipinski definition) is 4. The molecule has 0 bridgehead atoms. The molecule has 0 aliphatic carbocycles. The van der Waals surface area contributed by atoms with Gasteiger partial charge in [0, 0.05) is 30.1 Å². The third kappa shape index (κ3) is 3.89. The van der Waals surface area contributed by atoms with Crippen molar-refractivity contribution in [1.29, 1.82) is 5.26 Å². The first-order chi connectivity index (χ1) is 9.20. The first-order valence-electron chi connectivity index (χ1n) is 6.69. The van der Waals surface area contributed by atoms with E-state index in [-0.39, 0.29) is 0 Å². The second-order valence-electron chi connectivity index (χ2n) is 4.84. The van der Waals surface area contributed by atoms with Crippen molar-refractivity contribution in [3.05, 3.63) is 29.8 Å². The first kappa shape index (κ1) is 14.2. The standard InChI is InChI=1S/C15H20N2OS/c1-12-13(2)19-10-8-17(12)7-9-18-15-5-3-14(11-16)4-6-15/h3-6,12-13H,7-10H2,1-2H3. The second kappa shape index (κ2) is 6.83. The molecule has 2 unspecified atom stereocenters. The molecular weight excluding hydrogens is 256 g/mol. The molecule has 0 N–H and O–H groups in total. The maximum Gasteiger partial charge on any atom is 0.119 e. The van der Waals surface area contributed by atoms with Crippen LogP contribution in [0, 0.1) is 11.3 Å². The van der Waals surface area contributed by atoms with E-state index in [9.17, 15) is 0 Å². The lowest BCUT2D eigenvalue weighted by atomic mass is 10.2. The van der Waals surface area contributed by atoms with Crippen LogP contribution in [-0.4, -0.2) is 41.6 Å². The zero-order valence-electron chi connectivity index (χ0n) is 11.5. The largest absolute Gasteiger partial charge is 0.492 e. The molecular formula is C15H20N2OS. The normalized spacial score (nSPS) is 23.8. The minimum Gasteiger partial charge on any atom is -0.492 e. The van der Waals surface area contributed by atoms with Crippen LogP contribution in [0.15, 0.2) is 24.3 Å². The lowest BCUT2D eigenvalue weighted by Gasteiger charge is -2.37. The van der Waals surface area contributed by atoms with Gasteiger partial charge in [-0.15, -0.1) is 0 Å². The van der Waals surface area contributed by atoms with Gasteiger partial charge in [0.1, 0.15) is 12.4 Å². The van der Waals surface area contributed by atoms with E-state index in [1.165, 1.54) is 5.75 Å². The van der Waals surface area contributed by atoms with E-state index in [0.29, 0.717) is 23.5 Å². The highest BCUT2D eigenvalue weighted by atomic mass is 32.2. The Morgan fingerprint density at radius 3 is 2.79 bits per heavy atom. The summed E-state index contributed by atoms with van der Waals surface area (Å²) in [6.45, 7) is 7.40. The summed E-state index contributed by atoms with van der Waals surface area (Å²) in [6.07, 6.45) is 0. The fraction of sp³-hybridized carbons (Fsp3) is 0.533. The van der Waals surface area contributed by atoms with Crippen LogP contribution in [0.2, 0.25) is 0 Å². The Morgan fingerprint density at radius 2 is 2.11 bits per heavy atom. The summed E-state index contributed by atoms with van der Waals surface area (Å²) in [7, 11) is 0. The smallest absolute Gasteiger partial charge is 0.119 e. The Balaban J connectivity index is 1.78. The van der Waals surface area contributed by atoms with Crippen molar-refractivity contribution in [3.63, 3.8) is 0 Å². The van der Waals surface area contributed by atoms with E-state index in [4.69, 9.17) is 10.00 Å². The molecule has 0 aromatic heterocycles. The van der Waals surface area contributed by atoms with E-state index in [2.05, 4.69) is 36.6 Å². The molecule has 1 saturated heterocycles. The van der Waals surface area contributed by atoms with Crippen LogP contribution in [0.5, 0.6) is 5.75 Å². The summed E-state index contributed by atoms with van der Waals surface area (Å²) >= 11 is 2.05. The van der Waals surface area contributed by atoms with Gasteiger partial charge in [0.25, 0.3) is 0 Å². The lowest BCUT2D eigenvalue weighted by Crippen LogP contribution is -2.46. The maximum atomic E-state index is 8.73. The van der Waals surface area contributed by atoms with Crippen LogP contribution < -0.4 is 4.74 Å². The average molecular weight is 276 g/mol. The third-order valence-electron chi connectivity index (χ3n) is 3.65. The second-order valence-corrected chi connectivity index (χ2v) is 6.32. The number of nitrogens with zero attached hydrogens (tertiary/aromatic N) is 2. The number of benzene rings is 1. The van der Waals surface area contributed by atoms with Crippen LogP contribution in [0.4, 0.5) is 0 Å². The van der Waals surface area contributed by atoms with Gasteiger partial charge >= 0.3 is 0 Å². The molecule has 102 valence electrons. The monoisotopic (exact) mass is 276 g/mol. The van der Waals surface area contributed by atoms with Crippen molar-refractivity contribution < 1.29 is 4.74 Å². The predicted octanol–water partition coefficient (Wildman–Crippen LogP) is 2.76. The first-order valence-corrected chi connectivity index (χ1v) is 7.74. The molecule has 0 amide bonds. The number of nitriles is 1. The van der Waals surface area contributed by atoms with E-state index in [1.54, 1.807) is 12.1 Å². The van der Waals surface area contributed by atoms with Crippen molar-refractivity contribution in [1.82, 2.24) is 4.90 Å². The number of hydrogen-bond donors (Lipinski definition) is 0. The molecule has 1 aliphatic heterocycles. The maximum absolute atomic E-state index is 8.73. The molecule has 2 rings (SSSR count). The molecule has 4 heteroatoms. The summed E-state index contributed by atoms with van der Waals surface area (Å²) in [5.41, 5.74) is 0.669. The summed E-state index contributed by atoms with van der Waals surface area (Å²) in [5.74, 6) is 2.05. The fourth-order valence-corrected chi connectivity index (χ4v) is 3.38. The minimum atomic E-state index is 0.614. The van der Waals surface area contributed by atoms with E-state index < -0.39 is 0 Å². The van der Waals surface area contributed by atoms with Gasteiger partial charge in [-0.3, -0.25) is 4.90 Å². The van der Waals surface area contributed by atoms with Gasteiger partial charge in [-0.25, -0.2) is 0 Å². The number of ether oxygens (including phenoxy) is 1. The Kier molecular flexibility index (Phi) is 5.12. The zero-order chi connectivity index (χ0) is 13.7. The SMILES string of the molecule is CC1SCCN(CCOc2ccc(C#N)cc2)C1C. The molecule has 0 saturated carbocycles. The lowest BCUT2D eigenvalue weighted by molar-refractivity contribution is 0.170. The molecule has 1 fully saturated rings. The predicted molar refractivity (Wildman–Crippen MR) is 79.6 cm³/mol. The summed E-state index contributed by atoms with van der Waals surface area (Å²) < 4.78 is 5.73. The van der Waals surface area contributed by atoms with Crippen molar-refractivity contribution in [2.45, 2.75) is 25.1 Å². The quantitative estimate of drug-likeness (QED) is 0.847. The molecule has 1 aromatic rings. The Hall–Kier alpha value is -1.18. The third-order valence-corrected chi connectivity index (χ3v) is 4.98. The Morgan fingerprint density at radius 1 is 1.37 bits per heavy atom. The molecule has 3 nitrogen and oxygen atoms in total. The van der Waals surface area contributed by atoms with Crippen molar-refractivity contribution in [2.75, 3.05) is 25.4 Å². The van der Waals surface area contributed by atoms with Crippen LogP contribution in [-0.2, 0) is 0 Å². The highest BCUT2D eigenvalue weighted by Crippen LogP contribution is 2.23. The minimum absolute atomic E-state index is 0.614. The summed E-state index contributed by atoms with van der Waals surface area (Å²) in [6, 6.07) is 10.0. The van der Waals surface area contributed by atoms with Gasteiger partial charge in [-0.05, 0) is 31.2 Å².